The fourth-order valence-corrected chi connectivity index (χ4v) is 5.48. The first-order valence-corrected chi connectivity index (χ1v) is 22.2. The van der Waals surface area contributed by atoms with Crippen LogP contribution >= 0.6 is 0 Å². The van der Waals surface area contributed by atoms with Crippen LogP contribution in [0.15, 0.2) is 97.2 Å². The lowest BCUT2D eigenvalue weighted by atomic mass is 10.1. The highest BCUT2D eigenvalue weighted by atomic mass is 16.6. The molecule has 0 saturated heterocycles. The monoisotopic (exact) mass is 777 g/mol. The van der Waals surface area contributed by atoms with E-state index in [1.165, 1.54) is 12.8 Å². The summed E-state index contributed by atoms with van der Waals surface area (Å²) >= 11 is 0. The topological polar surface area (TPSA) is 78.9 Å². The predicted octanol–water partition coefficient (Wildman–Crippen LogP) is 14.2. The molecule has 316 valence electrons. The quantitative estimate of drug-likeness (QED) is 0.0269. The van der Waals surface area contributed by atoms with Crippen molar-refractivity contribution in [2.75, 3.05) is 13.2 Å². The minimum atomic E-state index is -0.807. The molecule has 0 radical (unpaired) electrons. The molecule has 1 atom stereocenters. The van der Waals surface area contributed by atoms with E-state index in [1.807, 2.05) is 0 Å². The van der Waals surface area contributed by atoms with Gasteiger partial charge in [-0.05, 0) is 109 Å². The molecule has 0 amide bonds. The third-order valence-corrected chi connectivity index (χ3v) is 8.80. The Bertz CT molecular complexity index is 1170. The van der Waals surface area contributed by atoms with Crippen LogP contribution in [0.25, 0.3) is 0 Å². The Kier molecular flexibility index (Phi) is 41.2. The fourth-order valence-electron chi connectivity index (χ4n) is 5.48. The van der Waals surface area contributed by atoms with Gasteiger partial charge in [-0.2, -0.15) is 0 Å². The number of hydrogen-bond donors (Lipinski definition) is 0. The van der Waals surface area contributed by atoms with Crippen LogP contribution in [0.1, 0.15) is 181 Å². The molecule has 0 spiro atoms. The minimum Gasteiger partial charge on any atom is -0.462 e. The molecule has 0 aliphatic heterocycles. The molecule has 0 N–H and O–H groups in total. The summed E-state index contributed by atoms with van der Waals surface area (Å²) in [7, 11) is 0. The molecule has 0 rings (SSSR count). The van der Waals surface area contributed by atoms with E-state index in [0.717, 1.165) is 128 Å². The highest BCUT2D eigenvalue weighted by Crippen LogP contribution is 2.11. The summed E-state index contributed by atoms with van der Waals surface area (Å²) in [6.45, 7) is 6.25. The minimum absolute atomic E-state index is 0.112. The zero-order chi connectivity index (χ0) is 40.8. The van der Waals surface area contributed by atoms with Crippen molar-refractivity contribution in [3.63, 3.8) is 0 Å². The number of allylic oxidation sites excluding steroid dienone is 16. The van der Waals surface area contributed by atoms with E-state index in [0.29, 0.717) is 19.3 Å². The Morgan fingerprint density at radius 3 is 1.14 bits per heavy atom. The van der Waals surface area contributed by atoms with E-state index in [9.17, 15) is 14.4 Å². The maximum Gasteiger partial charge on any atom is 0.306 e. The van der Waals surface area contributed by atoms with Gasteiger partial charge in [0.05, 0.1) is 0 Å². The van der Waals surface area contributed by atoms with Gasteiger partial charge in [0.2, 0.25) is 0 Å². The Morgan fingerprint density at radius 1 is 0.375 bits per heavy atom. The molecule has 56 heavy (non-hydrogen) atoms. The smallest absolute Gasteiger partial charge is 0.306 e. The Labute approximate surface area is 343 Å². The van der Waals surface area contributed by atoms with Crippen LogP contribution in [0.4, 0.5) is 0 Å². The standard InChI is InChI=1S/C50H80O6/c1-4-7-10-13-16-19-21-22-23-24-25-26-27-28-29-32-34-37-40-43-49(52)55-46-47(45-54-48(51)42-39-36-33-30-18-15-12-9-6-3)56-50(53)44-41-38-35-31-20-17-14-11-8-5-2/h7,9-10,12,14,16-19,22-23,25-26,28-30,47H,4-6,8,11,13,15,20-21,24,27,31-46H2,1-3H3/b10-7-,12-9-,17-14-,19-16-,23-22-,26-25-,29-28-,30-18-. The van der Waals surface area contributed by atoms with Gasteiger partial charge < -0.3 is 14.2 Å². The lowest BCUT2D eigenvalue weighted by Gasteiger charge is -2.18. The van der Waals surface area contributed by atoms with Gasteiger partial charge >= 0.3 is 17.9 Å². The molecule has 0 aromatic carbocycles. The van der Waals surface area contributed by atoms with Gasteiger partial charge in [-0.15, -0.1) is 0 Å². The normalized spacial score (nSPS) is 13.0. The summed E-state index contributed by atoms with van der Waals surface area (Å²) in [5.74, 6) is -1.00. The molecular weight excluding hydrogens is 697 g/mol. The summed E-state index contributed by atoms with van der Waals surface area (Å²) in [6.07, 6.45) is 56.9. The van der Waals surface area contributed by atoms with Crippen molar-refractivity contribution in [3.05, 3.63) is 97.2 Å². The molecule has 0 aliphatic carbocycles. The Balaban J connectivity index is 4.43. The third kappa shape index (κ3) is 41.5. The van der Waals surface area contributed by atoms with Crippen LogP contribution in [-0.4, -0.2) is 37.2 Å². The van der Waals surface area contributed by atoms with Gasteiger partial charge in [0.25, 0.3) is 0 Å². The summed E-state index contributed by atoms with van der Waals surface area (Å²) in [5.41, 5.74) is 0. The van der Waals surface area contributed by atoms with Gasteiger partial charge in [-0.1, -0.05) is 150 Å². The molecule has 6 nitrogen and oxygen atoms in total. The maximum absolute atomic E-state index is 12.7. The highest BCUT2D eigenvalue weighted by molar-refractivity contribution is 5.71. The van der Waals surface area contributed by atoms with Crippen molar-refractivity contribution >= 4 is 17.9 Å². The van der Waals surface area contributed by atoms with E-state index in [1.54, 1.807) is 0 Å². The number of rotatable bonds is 38. The number of esters is 3. The van der Waals surface area contributed by atoms with Gasteiger partial charge in [0.1, 0.15) is 13.2 Å². The second-order valence-electron chi connectivity index (χ2n) is 14.2. The van der Waals surface area contributed by atoms with Crippen molar-refractivity contribution < 1.29 is 28.6 Å². The first-order valence-electron chi connectivity index (χ1n) is 22.2. The van der Waals surface area contributed by atoms with Gasteiger partial charge in [0.15, 0.2) is 6.10 Å². The van der Waals surface area contributed by atoms with Gasteiger partial charge in [0, 0.05) is 19.3 Å². The van der Waals surface area contributed by atoms with Crippen molar-refractivity contribution in [2.24, 2.45) is 0 Å². The van der Waals surface area contributed by atoms with Crippen LogP contribution < -0.4 is 0 Å². The summed E-state index contributed by atoms with van der Waals surface area (Å²) in [5, 5.41) is 0. The SMILES string of the molecule is CC/C=C\C/C=C\C/C=C\C/C=C\C/C=C\CCCCCC(=O)OCC(COC(=O)CCCC/C=C\C/C=C\CC)OC(=O)CCCCCC/C=C\CCCC. The summed E-state index contributed by atoms with van der Waals surface area (Å²) in [6, 6.07) is 0. The van der Waals surface area contributed by atoms with Gasteiger partial charge in [-0.25, -0.2) is 0 Å². The van der Waals surface area contributed by atoms with Crippen LogP contribution in [0.3, 0.4) is 0 Å². The van der Waals surface area contributed by atoms with Crippen LogP contribution in [-0.2, 0) is 28.6 Å². The number of ether oxygens (including phenoxy) is 3. The maximum atomic E-state index is 12.7. The van der Waals surface area contributed by atoms with Crippen molar-refractivity contribution in [1.29, 1.82) is 0 Å². The lowest BCUT2D eigenvalue weighted by molar-refractivity contribution is -0.167. The summed E-state index contributed by atoms with van der Waals surface area (Å²) < 4.78 is 16.6. The van der Waals surface area contributed by atoms with E-state index < -0.39 is 6.10 Å². The predicted molar refractivity (Wildman–Crippen MR) is 237 cm³/mol. The number of carbonyl (C=O) groups excluding carboxylic acids is 3. The first kappa shape index (κ1) is 52.3. The molecule has 0 aromatic rings. The third-order valence-electron chi connectivity index (χ3n) is 8.80. The van der Waals surface area contributed by atoms with Crippen LogP contribution in [0.2, 0.25) is 0 Å². The summed E-state index contributed by atoms with van der Waals surface area (Å²) in [4.78, 5) is 37.6. The van der Waals surface area contributed by atoms with Crippen molar-refractivity contribution in [3.8, 4) is 0 Å². The molecule has 0 bridgehead atoms. The molecule has 0 fully saturated rings. The lowest BCUT2D eigenvalue weighted by Crippen LogP contribution is -2.30. The van der Waals surface area contributed by atoms with E-state index in [-0.39, 0.29) is 31.1 Å². The average Bonchev–Trinajstić information content (AvgIpc) is 3.19. The van der Waals surface area contributed by atoms with E-state index in [2.05, 4.69) is 118 Å². The molecule has 0 aliphatic rings. The van der Waals surface area contributed by atoms with E-state index >= 15 is 0 Å². The second-order valence-corrected chi connectivity index (χ2v) is 14.2. The zero-order valence-electron chi connectivity index (χ0n) is 35.9. The average molecular weight is 777 g/mol. The number of carbonyl (C=O) groups is 3. The molecular formula is C50H80O6. The Morgan fingerprint density at radius 2 is 0.696 bits per heavy atom. The molecule has 6 heteroatoms. The Hall–Kier alpha value is -3.67. The zero-order valence-corrected chi connectivity index (χ0v) is 35.9. The highest BCUT2D eigenvalue weighted by Gasteiger charge is 2.19. The molecule has 0 heterocycles. The first-order chi connectivity index (χ1) is 27.5. The van der Waals surface area contributed by atoms with Gasteiger partial charge in [-0.3, -0.25) is 14.4 Å². The van der Waals surface area contributed by atoms with E-state index in [4.69, 9.17) is 14.2 Å². The largest absolute Gasteiger partial charge is 0.462 e. The molecule has 1 unspecified atom stereocenters. The molecule has 0 aromatic heterocycles. The van der Waals surface area contributed by atoms with Crippen molar-refractivity contribution in [1.82, 2.24) is 0 Å². The number of unbranched alkanes of at least 4 members (excludes halogenated alkanes) is 11. The molecule has 0 saturated carbocycles. The van der Waals surface area contributed by atoms with Crippen molar-refractivity contribution in [2.45, 2.75) is 187 Å². The number of hydrogen-bond acceptors (Lipinski definition) is 6. The second kappa shape index (κ2) is 44.0. The van der Waals surface area contributed by atoms with Crippen LogP contribution in [0.5, 0.6) is 0 Å². The fraction of sp³-hybridized carbons (Fsp3) is 0.620. The van der Waals surface area contributed by atoms with Crippen LogP contribution in [0, 0.1) is 0 Å².